The number of benzene rings is 1. The maximum atomic E-state index is 13.2. The number of carbonyl (C=O) groups is 1. The van der Waals surface area contributed by atoms with Gasteiger partial charge in [0.25, 0.3) is 11.5 Å². The SMILES string of the molecule is Cn1nc(C(=O)N2CCN(c3ccccc3)CC(Cc3cnccn3)C2)ccc1=O. The molecule has 154 valence electrons. The minimum Gasteiger partial charge on any atom is -0.369 e. The summed E-state index contributed by atoms with van der Waals surface area (Å²) in [6.45, 7) is 2.70. The van der Waals surface area contributed by atoms with Gasteiger partial charge in [0, 0.05) is 63.6 Å². The number of aromatic nitrogens is 4. The minimum absolute atomic E-state index is 0.162. The van der Waals surface area contributed by atoms with E-state index >= 15 is 0 Å². The van der Waals surface area contributed by atoms with E-state index in [1.54, 1.807) is 25.6 Å². The van der Waals surface area contributed by atoms with Crippen molar-refractivity contribution in [2.45, 2.75) is 6.42 Å². The molecule has 0 radical (unpaired) electrons. The first-order chi connectivity index (χ1) is 14.6. The Morgan fingerprint density at radius 3 is 2.63 bits per heavy atom. The number of anilines is 1. The lowest BCUT2D eigenvalue weighted by atomic mass is 10.0. The van der Waals surface area contributed by atoms with E-state index in [2.05, 4.69) is 32.1 Å². The lowest BCUT2D eigenvalue weighted by Gasteiger charge is -2.25. The summed E-state index contributed by atoms with van der Waals surface area (Å²) in [5.41, 5.74) is 2.09. The van der Waals surface area contributed by atoms with Crippen molar-refractivity contribution in [1.29, 1.82) is 0 Å². The predicted octanol–water partition coefficient (Wildman–Crippen LogP) is 1.39. The van der Waals surface area contributed by atoms with Crippen molar-refractivity contribution in [3.8, 4) is 0 Å². The topological polar surface area (TPSA) is 84.2 Å². The number of aryl methyl sites for hydroxylation is 1. The molecular weight excluding hydrogens is 380 g/mol. The van der Waals surface area contributed by atoms with Gasteiger partial charge in [-0.05, 0) is 30.5 Å². The summed E-state index contributed by atoms with van der Waals surface area (Å²) in [6, 6.07) is 13.1. The standard InChI is InChI=1S/C22H24N6O2/c1-26-21(29)8-7-20(25-26)22(30)28-12-11-27(19-5-3-2-4-6-19)15-17(16-28)13-18-14-23-9-10-24-18/h2-10,14,17H,11-13,15-16H2,1H3. The van der Waals surface area contributed by atoms with E-state index in [1.807, 2.05) is 23.1 Å². The molecule has 2 aromatic heterocycles. The number of carbonyl (C=O) groups excluding carboxylic acids is 1. The molecule has 8 heteroatoms. The van der Waals surface area contributed by atoms with Crippen LogP contribution in [0.25, 0.3) is 0 Å². The molecule has 1 unspecified atom stereocenters. The van der Waals surface area contributed by atoms with E-state index in [9.17, 15) is 9.59 Å². The monoisotopic (exact) mass is 404 g/mol. The Bertz CT molecular complexity index is 1050. The second-order valence-electron chi connectivity index (χ2n) is 7.48. The number of hydrogen-bond acceptors (Lipinski definition) is 6. The molecule has 1 fully saturated rings. The van der Waals surface area contributed by atoms with Crippen LogP contribution in [0.1, 0.15) is 16.2 Å². The first kappa shape index (κ1) is 19.8. The van der Waals surface area contributed by atoms with Crippen molar-refractivity contribution in [1.82, 2.24) is 24.6 Å². The molecule has 1 saturated heterocycles. The highest BCUT2D eigenvalue weighted by Gasteiger charge is 2.28. The fraction of sp³-hybridized carbons (Fsp3) is 0.318. The van der Waals surface area contributed by atoms with Crippen LogP contribution in [0.4, 0.5) is 5.69 Å². The Morgan fingerprint density at radius 1 is 1.07 bits per heavy atom. The zero-order chi connectivity index (χ0) is 20.9. The summed E-state index contributed by atoms with van der Waals surface area (Å²) >= 11 is 0. The van der Waals surface area contributed by atoms with Gasteiger partial charge in [0.1, 0.15) is 5.69 Å². The highest BCUT2D eigenvalue weighted by Crippen LogP contribution is 2.21. The van der Waals surface area contributed by atoms with Crippen molar-refractivity contribution in [2.24, 2.45) is 13.0 Å². The first-order valence-corrected chi connectivity index (χ1v) is 9.98. The third-order valence-electron chi connectivity index (χ3n) is 5.30. The van der Waals surface area contributed by atoms with Gasteiger partial charge >= 0.3 is 0 Å². The molecule has 3 heterocycles. The number of para-hydroxylation sites is 1. The quantitative estimate of drug-likeness (QED) is 0.653. The maximum absolute atomic E-state index is 13.2. The van der Waals surface area contributed by atoms with Gasteiger partial charge in [0.05, 0.1) is 5.69 Å². The Hall–Kier alpha value is -3.55. The Labute approximate surface area is 174 Å². The highest BCUT2D eigenvalue weighted by atomic mass is 16.2. The normalized spacial score (nSPS) is 16.9. The smallest absolute Gasteiger partial charge is 0.274 e. The average Bonchev–Trinajstić information content (AvgIpc) is 2.99. The van der Waals surface area contributed by atoms with E-state index in [4.69, 9.17) is 0 Å². The van der Waals surface area contributed by atoms with Gasteiger partial charge < -0.3 is 9.80 Å². The number of amides is 1. The lowest BCUT2D eigenvalue weighted by molar-refractivity contribution is 0.0738. The largest absolute Gasteiger partial charge is 0.369 e. The van der Waals surface area contributed by atoms with Crippen LogP contribution in [0.2, 0.25) is 0 Å². The van der Waals surface area contributed by atoms with Gasteiger partial charge in [0.2, 0.25) is 0 Å². The Balaban J connectivity index is 1.59. The summed E-state index contributed by atoms with van der Waals surface area (Å²) in [5, 5.41) is 4.14. The zero-order valence-electron chi connectivity index (χ0n) is 16.9. The zero-order valence-corrected chi connectivity index (χ0v) is 16.9. The van der Waals surface area contributed by atoms with E-state index in [0.717, 1.165) is 30.9 Å². The second kappa shape index (κ2) is 8.86. The molecule has 0 aliphatic carbocycles. The summed E-state index contributed by atoms with van der Waals surface area (Å²) < 4.78 is 1.19. The molecule has 4 rings (SSSR count). The van der Waals surface area contributed by atoms with Crippen LogP contribution >= 0.6 is 0 Å². The van der Waals surface area contributed by atoms with Gasteiger partial charge in [0.15, 0.2) is 0 Å². The van der Waals surface area contributed by atoms with E-state index in [1.165, 1.54) is 16.8 Å². The molecule has 1 aliphatic heterocycles. The van der Waals surface area contributed by atoms with Crippen molar-refractivity contribution in [3.05, 3.63) is 82.8 Å². The van der Waals surface area contributed by atoms with Crippen molar-refractivity contribution in [3.63, 3.8) is 0 Å². The number of hydrogen-bond donors (Lipinski definition) is 0. The molecule has 1 atom stereocenters. The van der Waals surface area contributed by atoms with Crippen molar-refractivity contribution in [2.75, 3.05) is 31.1 Å². The van der Waals surface area contributed by atoms with E-state index < -0.39 is 0 Å². The van der Waals surface area contributed by atoms with E-state index in [0.29, 0.717) is 13.1 Å². The molecule has 0 saturated carbocycles. The van der Waals surface area contributed by atoms with Crippen LogP contribution < -0.4 is 10.5 Å². The molecule has 1 amide bonds. The van der Waals surface area contributed by atoms with E-state index in [-0.39, 0.29) is 23.1 Å². The molecule has 30 heavy (non-hydrogen) atoms. The van der Waals surface area contributed by atoms with Crippen LogP contribution in [0.3, 0.4) is 0 Å². The number of nitrogens with zero attached hydrogens (tertiary/aromatic N) is 6. The third-order valence-corrected chi connectivity index (χ3v) is 5.30. The van der Waals surface area contributed by atoms with Gasteiger partial charge in [-0.15, -0.1) is 0 Å². The summed E-state index contributed by atoms with van der Waals surface area (Å²) in [5.74, 6) is 0.0190. The predicted molar refractivity (Wildman–Crippen MR) is 113 cm³/mol. The molecule has 3 aromatic rings. The van der Waals surface area contributed by atoms with Crippen LogP contribution in [0.5, 0.6) is 0 Å². The van der Waals surface area contributed by atoms with Gasteiger partial charge in [-0.3, -0.25) is 19.6 Å². The highest BCUT2D eigenvalue weighted by molar-refractivity contribution is 5.92. The fourth-order valence-corrected chi connectivity index (χ4v) is 3.80. The number of rotatable bonds is 4. The minimum atomic E-state index is -0.238. The van der Waals surface area contributed by atoms with Crippen LogP contribution in [-0.4, -0.2) is 56.7 Å². The summed E-state index contributed by atoms with van der Waals surface area (Å²) in [4.78, 5) is 37.5. The van der Waals surface area contributed by atoms with Crippen LogP contribution in [0.15, 0.2) is 65.8 Å². The van der Waals surface area contributed by atoms with Crippen molar-refractivity contribution >= 4 is 11.6 Å². The molecule has 0 bridgehead atoms. The molecule has 1 aromatic carbocycles. The Morgan fingerprint density at radius 2 is 1.90 bits per heavy atom. The lowest BCUT2D eigenvalue weighted by Crippen LogP contribution is -2.38. The Kier molecular flexibility index (Phi) is 5.83. The summed E-state index contributed by atoms with van der Waals surface area (Å²) in [7, 11) is 1.55. The first-order valence-electron chi connectivity index (χ1n) is 9.98. The van der Waals surface area contributed by atoms with Gasteiger partial charge in [-0.2, -0.15) is 5.10 Å². The van der Waals surface area contributed by atoms with Crippen LogP contribution in [0, 0.1) is 5.92 Å². The molecule has 1 aliphatic rings. The van der Waals surface area contributed by atoms with Crippen LogP contribution in [-0.2, 0) is 13.5 Å². The van der Waals surface area contributed by atoms with Gasteiger partial charge in [-0.25, -0.2) is 4.68 Å². The molecular formula is C22H24N6O2. The molecule has 0 N–H and O–H groups in total. The van der Waals surface area contributed by atoms with Crippen molar-refractivity contribution < 1.29 is 4.79 Å². The third kappa shape index (κ3) is 4.53. The molecule has 8 nitrogen and oxygen atoms in total. The molecule has 0 spiro atoms. The maximum Gasteiger partial charge on any atom is 0.274 e. The average molecular weight is 404 g/mol. The fourth-order valence-electron chi connectivity index (χ4n) is 3.80. The van der Waals surface area contributed by atoms with Gasteiger partial charge in [-0.1, -0.05) is 18.2 Å². The second-order valence-corrected chi connectivity index (χ2v) is 7.48. The summed E-state index contributed by atoms with van der Waals surface area (Å²) in [6.07, 6.45) is 5.85.